The molecule has 12 nitrogen and oxygen atoms in total. The Morgan fingerprint density at radius 2 is 1.82 bits per heavy atom. The van der Waals surface area contributed by atoms with Crippen LogP contribution in [0.15, 0.2) is 70.8 Å². The third-order valence-electron chi connectivity index (χ3n) is 7.95. The minimum Gasteiger partial charge on any atom is -0.459 e. The van der Waals surface area contributed by atoms with Crippen LogP contribution in [0.2, 0.25) is 0 Å². The molecule has 0 fully saturated rings. The number of nitrogens with zero attached hydrogens (tertiary/aromatic N) is 4. The van der Waals surface area contributed by atoms with Gasteiger partial charge in [0.05, 0.1) is 6.54 Å². The molecule has 1 aliphatic rings. The molecule has 1 amide bonds. The number of ether oxygens (including phenoxy) is 3. The second-order valence-electron chi connectivity index (χ2n) is 13.2. The van der Waals surface area contributed by atoms with E-state index in [-0.39, 0.29) is 30.2 Å². The van der Waals surface area contributed by atoms with Gasteiger partial charge in [0, 0.05) is 48.1 Å². The van der Waals surface area contributed by atoms with E-state index in [9.17, 15) is 14.9 Å². The van der Waals surface area contributed by atoms with Crippen molar-refractivity contribution in [2.45, 2.75) is 58.8 Å². The summed E-state index contributed by atoms with van der Waals surface area (Å²) in [6.45, 7) is 10.7. The van der Waals surface area contributed by atoms with Gasteiger partial charge >= 0.3 is 18.1 Å². The Bertz CT molecular complexity index is 1920. The molecule has 0 unspecified atom stereocenters. The summed E-state index contributed by atoms with van der Waals surface area (Å²) in [7, 11) is 1.94. The third-order valence-corrected chi connectivity index (χ3v) is 7.95. The number of hydrogen-bond donors (Lipinski definition) is 2. The average molecular weight is 665 g/mol. The maximum Gasteiger partial charge on any atom is 0.407 e. The Balaban J connectivity index is 1.12. The predicted octanol–water partition coefficient (Wildman–Crippen LogP) is 6.15. The molecule has 254 valence electrons. The molecule has 12 heteroatoms. The fraction of sp³-hybridized carbons (Fsp3) is 0.324. The van der Waals surface area contributed by atoms with Gasteiger partial charge in [0.1, 0.15) is 47.8 Å². The van der Waals surface area contributed by atoms with Crippen LogP contribution in [0, 0.1) is 11.3 Å². The molecule has 2 aromatic carbocycles. The number of alkyl carbamates (subject to hydrolysis) is 1. The summed E-state index contributed by atoms with van der Waals surface area (Å²) in [5, 5.41) is 12.3. The molecule has 0 atom stereocenters. The first-order valence-corrected chi connectivity index (χ1v) is 15.8. The maximum atomic E-state index is 12.5. The lowest BCUT2D eigenvalue weighted by atomic mass is 9.82. The van der Waals surface area contributed by atoms with E-state index >= 15 is 0 Å². The number of amides is 1. The van der Waals surface area contributed by atoms with Crippen LogP contribution in [0.5, 0.6) is 6.01 Å². The summed E-state index contributed by atoms with van der Waals surface area (Å²) in [5.41, 5.74) is 10.2. The number of nitrogens with one attached hydrogen (secondary N) is 1. The first-order valence-electron chi connectivity index (χ1n) is 15.8. The SMILES string of the molecule is CN(CCOC(=O)NCc1ccc(COc2nccc(N)n2)cc1)c1ccc2c(c1)C(C)(C)c1cc(/C=C(\C#N)C(=O)OC(C)(C)C)oc1-2. The van der Waals surface area contributed by atoms with Gasteiger partial charge in [-0.1, -0.05) is 38.1 Å². The number of benzene rings is 2. The van der Waals surface area contributed by atoms with E-state index in [0.717, 1.165) is 33.5 Å². The third kappa shape index (κ3) is 8.37. The van der Waals surface area contributed by atoms with E-state index in [2.05, 4.69) is 35.2 Å². The van der Waals surface area contributed by atoms with Crippen LogP contribution in [0.4, 0.5) is 16.3 Å². The maximum absolute atomic E-state index is 12.5. The number of fused-ring (bicyclic) bond motifs is 3. The number of rotatable bonds is 11. The highest BCUT2D eigenvalue weighted by Gasteiger charge is 2.39. The van der Waals surface area contributed by atoms with E-state index in [1.807, 2.05) is 60.5 Å². The molecule has 0 radical (unpaired) electrons. The van der Waals surface area contributed by atoms with E-state index in [1.54, 1.807) is 26.8 Å². The topological polar surface area (TPSA) is 166 Å². The van der Waals surface area contributed by atoms with Crippen LogP contribution < -0.4 is 20.7 Å². The van der Waals surface area contributed by atoms with Crippen molar-refractivity contribution in [3.63, 3.8) is 0 Å². The molecule has 0 bridgehead atoms. The van der Waals surface area contributed by atoms with Crippen molar-refractivity contribution in [2.24, 2.45) is 0 Å². The van der Waals surface area contributed by atoms with Crippen LogP contribution in [0.3, 0.4) is 0 Å². The number of esters is 1. The van der Waals surface area contributed by atoms with Gasteiger partial charge in [-0.25, -0.2) is 14.6 Å². The van der Waals surface area contributed by atoms with Crippen molar-refractivity contribution in [3.05, 3.63) is 94.4 Å². The van der Waals surface area contributed by atoms with Crippen LogP contribution in [-0.4, -0.2) is 47.8 Å². The number of anilines is 2. The summed E-state index contributed by atoms with van der Waals surface area (Å²) in [6, 6.07) is 19.3. The summed E-state index contributed by atoms with van der Waals surface area (Å²) < 4.78 is 22.5. The number of carbonyl (C=O) groups excluding carboxylic acids is 2. The fourth-order valence-electron chi connectivity index (χ4n) is 5.34. The lowest BCUT2D eigenvalue weighted by Crippen LogP contribution is -2.29. The van der Waals surface area contributed by atoms with Crippen LogP contribution in [0.1, 0.15) is 62.6 Å². The molecule has 2 heterocycles. The Hall–Kier alpha value is -5.83. The minimum atomic E-state index is -0.718. The minimum absolute atomic E-state index is 0.129. The summed E-state index contributed by atoms with van der Waals surface area (Å²) in [6.07, 6.45) is 2.46. The Morgan fingerprint density at radius 1 is 1.08 bits per heavy atom. The van der Waals surface area contributed by atoms with Crippen molar-refractivity contribution >= 4 is 29.6 Å². The molecule has 4 aromatic rings. The predicted molar refractivity (Wildman–Crippen MR) is 184 cm³/mol. The summed E-state index contributed by atoms with van der Waals surface area (Å²) >= 11 is 0. The van der Waals surface area contributed by atoms with E-state index < -0.39 is 17.7 Å². The lowest BCUT2D eigenvalue weighted by molar-refractivity contribution is -0.149. The van der Waals surface area contributed by atoms with Gasteiger partial charge < -0.3 is 34.6 Å². The van der Waals surface area contributed by atoms with E-state index in [0.29, 0.717) is 30.4 Å². The molecule has 0 aliphatic heterocycles. The zero-order valence-electron chi connectivity index (χ0n) is 28.5. The number of nitriles is 1. The van der Waals surface area contributed by atoms with Gasteiger partial charge in [0.25, 0.3) is 0 Å². The largest absolute Gasteiger partial charge is 0.459 e. The number of carbonyl (C=O) groups is 2. The van der Waals surface area contributed by atoms with Gasteiger partial charge in [-0.3, -0.25) is 0 Å². The van der Waals surface area contributed by atoms with Crippen LogP contribution in [-0.2, 0) is 32.8 Å². The Labute approximate surface area is 285 Å². The van der Waals surface area contributed by atoms with Crippen molar-refractivity contribution in [2.75, 3.05) is 30.8 Å². The highest BCUT2D eigenvalue weighted by atomic mass is 16.6. The van der Waals surface area contributed by atoms with Gasteiger partial charge in [0.2, 0.25) is 0 Å². The van der Waals surface area contributed by atoms with Gasteiger partial charge in [-0.2, -0.15) is 10.2 Å². The second-order valence-corrected chi connectivity index (χ2v) is 13.2. The van der Waals surface area contributed by atoms with Gasteiger partial charge in [-0.05, 0) is 67.8 Å². The number of nitrogen functional groups attached to an aromatic ring is 1. The standard InChI is InChI=1S/C37H40N6O6/c1-36(2,3)49-33(44)25(20-38)17-27-19-30-32(48-27)28-12-11-26(18-29(28)37(30,4)5)43(6)15-16-46-35(45)41-21-23-7-9-24(10-8-23)22-47-34-40-14-13-31(39)42-34/h7-14,17-19H,15-16,21-22H2,1-6H3,(H,41,45)(H2,39,40,42)/b25-17+. The van der Waals surface area contributed by atoms with Crippen molar-refractivity contribution in [1.29, 1.82) is 5.26 Å². The molecular formula is C37H40N6O6. The van der Waals surface area contributed by atoms with Gasteiger partial charge in [0.15, 0.2) is 0 Å². The number of aromatic nitrogens is 2. The molecule has 0 saturated heterocycles. The first-order chi connectivity index (χ1) is 23.2. The zero-order chi connectivity index (χ0) is 35.3. The molecule has 1 aliphatic carbocycles. The number of likely N-dealkylation sites (N-methyl/N-ethyl adjacent to an activating group) is 1. The molecule has 0 saturated carbocycles. The normalized spacial score (nSPS) is 13.1. The molecule has 2 aromatic heterocycles. The van der Waals surface area contributed by atoms with Crippen molar-refractivity contribution in [3.8, 4) is 23.4 Å². The first kappa shape index (κ1) is 34.5. The van der Waals surface area contributed by atoms with Crippen molar-refractivity contribution in [1.82, 2.24) is 15.3 Å². The monoisotopic (exact) mass is 664 g/mol. The quantitative estimate of drug-likeness (QED) is 0.107. The highest BCUT2D eigenvalue weighted by Crippen LogP contribution is 2.51. The number of hydrogen-bond acceptors (Lipinski definition) is 11. The smallest absolute Gasteiger partial charge is 0.407 e. The van der Waals surface area contributed by atoms with Gasteiger partial charge in [-0.15, -0.1) is 0 Å². The molecule has 5 rings (SSSR count). The number of furan rings is 1. The van der Waals surface area contributed by atoms with Crippen LogP contribution >= 0.6 is 0 Å². The fourth-order valence-corrected chi connectivity index (χ4v) is 5.34. The van der Waals surface area contributed by atoms with E-state index in [1.165, 1.54) is 12.3 Å². The zero-order valence-corrected chi connectivity index (χ0v) is 28.5. The molecule has 49 heavy (non-hydrogen) atoms. The Kier molecular flexibility index (Phi) is 9.94. The summed E-state index contributed by atoms with van der Waals surface area (Å²) in [5.74, 6) is 0.763. The lowest BCUT2D eigenvalue weighted by Gasteiger charge is -2.24. The summed E-state index contributed by atoms with van der Waals surface area (Å²) in [4.78, 5) is 34.9. The van der Waals surface area contributed by atoms with Crippen LogP contribution in [0.25, 0.3) is 17.4 Å². The second kappa shape index (κ2) is 14.1. The highest BCUT2D eigenvalue weighted by molar-refractivity contribution is 5.98. The molecule has 0 spiro atoms. The average Bonchev–Trinajstić information content (AvgIpc) is 3.57. The van der Waals surface area contributed by atoms with Crippen molar-refractivity contribution < 1.29 is 28.2 Å². The van der Waals surface area contributed by atoms with E-state index in [4.69, 9.17) is 24.4 Å². The number of nitrogens with two attached hydrogens (primary N) is 1. The molecular weight excluding hydrogens is 624 g/mol. The molecule has 3 N–H and O–H groups in total. The Morgan fingerprint density at radius 3 is 2.51 bits per heavy atom.